The molecule has 1 amide bonds. The molecule has 30 heavy (non-hydrogen) atoms. The smallest absolute Gasteiger partial charge is 0.310 e. The second kappa shape index (κ2) is 10.8. The van der Waals surface area contributed by atoms with Crippen LogP contribution < -0.4 is 5.32 Å². The van der Waals surface area contributed by atoms with E-state index in [0.717, 1.165) is 6.42 Å². The number of phenols is 1. The summed E-state index contributed by atoms with van der Waals surface area (Å²) in [6, 6.07) is 26.7. The maximum Gasteiger partial charge on any atom is 0.310 e. The number of esters is 1. The molecule has 0 atom stereocenters. The summed E-state index contributed by atoms with van der Waals surface area (Å²) in [5, 5.41) is 12.1. The lowest BCUT2D eigenvalue weighted by molar-refractivity contribution is -0.147. The number of amides is 1. The van der Waals surface area contributed by atoms with E-state index < -0.39 is 5.97 Å². The van der Waals surface area contributed by atoms with E-state index in [1.807, 2.05) is 36.4 Å². The van der Waals surface area contributed by atoms with Crippen LogP contribution >= 0.6 is 0 Å². The van der Waals surface area contributed by atoms with Crippen LogP contribution in [0.3, 0.4) is 0 Å². The fraction of sp³-hybridized carbons (Fsp3) is 0.200. The number of phenolic OH excluding ortho intramolecular Hbond substituents is 1. The van der Waals surface area contributed by atoms with E-state index in [1.54, 1.807) is 12.1 Å². The Morgan fingerprint density at radius 2 is 1.40 bits per heavy atom. The van der Waals surface area contributed by atoms with Crippen LogP contribution in [0.5, 0.6) is 5.75 Å². The van der Waals surface area contributed by atoms with Gasteiger partial charge in [-0.3, -0.25) is 9.59 Å². The van der Waals surface area contributed by atoms with Crippen LogP contribution in [0.4, 0.5) is 0 Å². The molecule has 0 heterocycles. The van der Waals surface area contributed by atoms with Crippen LogP contribution in [0.15, 0.2) is 84.9 Å². The summed E-state index contributed by atoms with van der Waals surface area (Å²) in [6.07, 6.45) is 0.791. The van der Waals surface area contributed by atoms with Gasteiger partial charge in [-0.1, -0.05) is 72.8 Å². The second-order valence-corrected chi connectivity index (χ2v) is 7.02. The van der Waals surface area contributed by atoms with Crippen LogP contribution in [-0.2, 0) is 20.7 Å². The van der Waals surface area contributed by atoms with Gasteiger partial charge in [-0.15, -0.1) is 0 Å². The molecule has 5 nitrogen and oxygen atoms in total. The van der Waals surface area contributed by atoms with Crippen LogP contribution in [-0.4, -0.2) is 30.1 Å². The molecule has 154 valence electrons. The van der Waals surface area contributed by atoms with Gasteiger partial charge in [0.2, 0.25) is 0 Å². The largest absolute Gasteiger partial charge is 0.508 e. The summed E-state index contributed by atoms with van der Waals surface area (Å²) < 4.78 is 5.05. The van der Waals surface area contributed by atoms with E-state index in [-0.39, 0.29) is 30.6 Å². The summed E-state index contributed by atoms with van der Waals surface area (Å²) in [5.41, 5.74) is 3.10. The predicted molar refractivity (Wildman–Crippen MR) is 115 cm³/mol. The number of rotatable bonds is 9. The molecule has 0 saturated carbocycles. The highest BCUT2D eigenvalue weighted by Crippen LogP contribution is 2.27. The van der Waals surface area contributed by atoms with Crippen molar-refractivity contribution in [2.45, 2.75) is 18.8 Å². The maximum atomic E-state index is 12.1. The van der Waals surface area contributed by atoms with E-state index in [0.29, 0.717) is 12.1 Å². The molecule has 5 heteroatoms. The summed E-state index contributed by atoms with van der Waals surface area (Å²) in [5.74, 6) is -0.503. The number of carbonyl (C=O) groups is 2. The lowest BCUT2D eigenvalue weighted by atomic mass is 9.88. The summed E-state index contributed by atoms with van der Waals surface area (Å²) in [7, 11) is 0. The van der Waals surface area contributed by atoms with Crippen molar-refractivity contribution >= 4 is 11.9 Å². The summed E-state index contributed by atoms with van der Waals surface area (Å²) in [4.78, 5) is 24.0. The number of hydrogen-bond donors (Lipinski definition) is 2. The second-order valence-electron chi connectivity index (χ2n) is 7.02. The van der Waals surface area contributed by atoms with Gasteiger partial charge in [0.25, 0.3) is 5.91 Å². The molecule has 3 rings (SSSR count). The Morgan fingerprint density at radius 3 is 1.97 bits per heavy atom. The zero-order valence-electron chi connectivity index (χ0n) is 16.7. The Morgan fingerprint density at radius 1 is 0.833 bits per heavy atom. The van der Waals surface area contributed by atoms with Gasteiger partial charge in [0.05, 0.1) is 6.42 Å². The molecule has 3 aromatic rings. The standard InChI is InChI=1S/C25H25NO4/c27-22-13-11-19(12-14-22)17-25(29)30-18-24(28)26-16-15-23(20-7-3-1-4-8-20)21-9-5-2-6-10-21/h1-14,23,27H,15-18H2,(H,26,28). The average Bonchev–Trinajstić information content (AvgIpc) is 2.78. The van der Waals surface area contributed by atoms with E-state index in [4.69, 9.17) is 4.74 Å². The molecule has 0 radical (unpaired) electrons. The molecule has 0 saturated heterocycles. The first-order valence-corrected chi connectivity index (χ1v) is 9.92. The Kier molecular flexibility index (Phi) is 7.61. The third-order valence-corrected chi connectivity index (χ3v) is 4.81. The van der Waals surface area contributed by atoms with Crippen LogP contribution in [0.1, 0.15) is 29.0 Å². The van der Waals surface area contributed by atoms with Crippen molar-refractivity contribution in [3.63, 3.8) is 0 Å². The molecular weight excluding hydrogens is 378 g/mol. The normalized spacial score (nSPS) is 10.6. The number of ether oxygens (including phenoxy) is 1. The lowest BCUT2D eigenvalue weighted by Gasteiger charge is -2.18. The van der Waals surface area contributed by atoms with Crippen molar-refractivity contribution in [3.8, 4) is 5.75 Å². The first-order valence-electron chi connectivity index (χ1n) is 9.92. The van der Waals surface area contributed by atoms with Gasteiger partial charge < -0.3 is 15.2 Å². The van der Waals surface area contributed by atoms with Gasteiger partial charge in [0, 0.05) is 12.5 Å². The minimum absolute atomic E-state index is 0.0532. The molecule has 0 bridgehead atoms. The highest BCUT2D eigenvalue weighted by molar-refractivity contribution is 5.81. The van der Waals surface area contributed by atoms with E-state index in [2.05, 4.69) is 29.6 Å². The monoisotopic (exact) mass is 403 g/mol. The minimum atomic E-state index is -0.484. The quantitative estimate of drug-likeness (QED) is 0.533. The van der Waals surface area contributed by atoms with Crippen molar-refractivity contribution in [1.82, 2.24) is 5.32 Å². The van der Waals surface area contributed by atoms with Gasteiger partial charge >= 0.3 is 5.97 Å². The Hall–Kier alpha value is -3.60. The molecule has 0 aliphatic heterocycles. The molecule has 0 fully saturated rings. The van der Waals surface area contributed by atoms with E-state index in [1.165, 1.54) is 23.3 Å². The molecule has 3 aromatic carbocycles. The first-order chi connectivity index (χ1) is 14.6. The minimum Gasteiger partial charge on any atom is -0.508 e. The fourth-order valence-corrected chi connectivity index (χ4v) is 3.28. The number of nitrogens with one attached hydrogen (secondary N) is 1. The molecule has 0 spiro atoms. The Bertz CT molecular complexity index is 900. The fourth-order valence-electron chi connectivity index (χ4n) is 3.28. The lowest BCUT2D eigenvalue weighted by Crippen LogP contribution is -2.30. The van der Waals surface area contributed by atoms with Crippen molar-refractivity contribution in [2.24, 2.45) is 0 Å². The van der Waals surface area contributed by atoms with Crippen molar-refractivity contribution in [2.75, 3.05) is 13.2 Å². The Labute approximate surface area is 176 Å². The molecule has 0 aliphatic rings. The first kappa shape index (κ1) is 21.1. The topological polar surface area (TPSA) is 75.6 Å². The van der Waals surface area contributed by atoms with Gasteiger partial charge in [0.1, 0.15) is 5.75 Å². The predicted octanol–water partition coefficient (Wildman–Crippen LogP) is 3.82. The number of benzene rings is 3. The van der Waals surface area contributed by atoms with Crippen molar-refractivity contribution < 1.29 is 19.4 Å². The van der Waals surface area contributed by atoms with Crippen molar-refractivity contribution in [1.29, 1.82) is 0 Å². The highest BCUT2D eigenvalue weighted by atomic mass is 16.5. The summed E-state index contributed by atoms with van der Waals surface area (Å²) >= 11 is 0. The highest BCUT2D eigenvalue weighted by Gasteiger charge is 2.14. The third-order valence-electron chi connectivity index (χ3n) is 4.81. The molecule has 0 aliphatic carbocycles. The average molecular weight is 403 g/mol. The molecule has 0 unspecified atom stereocenters. The van der Waals surface area contributed by atoms with Gasteiger partial charge in [-0.25, -0.2) is 0 Å². The summed E-state index contributed by atoms with van der Waals surface area (Å²) in [6.45, 7) is 0.168. The zero-order valence-corrected chi connectivity index (χ0v) is 16.7. The molecular formula is C25H25NO4. The SMILES string of the molecule is O=C(COC(=O)Cc1ccc(O)cc1)NCCC(c1ccccc1)c1ccccc1. The van der Waals surface area contributed by atoms with Crippen LogP contribution in [0.2, 0.25) is 0 Å². The number of aromatic hydroxyl groups is 1. The van der Waals surface area contributed by atoms with E-state index >= 15 is 0 Å². The molecule has 2 N–H and O–H groups in total. The van der Waals surface area contributed by atoms with Gasteiger partial charge in [-0.05, 0) is 35.2 Å². The Balaban J connectivity index is 1.46. The number of carbonyl (C=O) groups excluding carboxylic acids is 2. The van der Waals surface area contributed by atoms with Crippen LogP contribution in [0.25, 0.3) is 0 Å². The van der Waals surface area contributed by atoms with Gasteiger partial charge in [-0.2, -0.15) is 0 Å². The molecule has 0 aromatic heterocycles. The van der Waals surface area contributed by atoms with Crippen molar-refractivity contribution in [3.05, 3.63) is 102 Å². The van der Waals surface area contributed by atoms with E-state index in [9.17, 15) is 14.7 Å². The number of hydrogen-bond acceptors (Lipinski definition) is 4. The maximum absolute atomic E-state index is 12.1. The third kappa shape index (κ3) is 6.48. The van der Waals surface area contributed by atoms with Crippen LogP contribution in [0, 0.1) is 0 Å². The van der Waals surface area contributed by atoms with Gasteiger partial charge in [0.15, 0.2) is 6.61 Å². The zero-order chi connectivity index (χ0) is 21.2.